The van der Waals surface area contributed by atoms with Crippen LogP contribution in [-0.2, 0) is 12.3 Å². The van der Waals surface area contributed by atoms with Crippen LogP contribution in [0.1, 0.15) is 5.89 Å². The van der Waals surface area contributed by atoms with Gasteiger partial charge >= 0.3 is 0 Å². The molecule has 146 valence electrons. The van der Waals surface area contributed by atoms with Crippen molar-refractivity contribution in [3.05, 3.63) is 77.4 Å². The highest BCUT2D eigenvalue weighted by molar-refractivity contribution is 7.98. The van der Waals surface area contributed by atoms with Crippen LogP contribution in [0.25, 0.3) is 22.3 Å². The Labute approximate surface area is 171 Å². The first kappa shape index (κ1) is 18.9. The minimum Gasteiger partial charge on any atom is -0.496 e. The lowest BCUT2D eigenvalue weighted by Gasteiger charge is -2.10. The van der Waals surface area contributed by atoms with Crippen molar-refractivity contribution in [2.75, 3.05) is 7.11 Å². The molecule has 0 saturated heterocycles. The Kier molecular flexibility index (Phi) is 5.44. The largest absolute Gasteiger partial charge is 0.496 e. The maximum absolute atomic E-state index is 12.8. The van der Waals surface area contributed by atoms with E-state index in [0.717, 1.165) is 5.56 Å². The third-order valence-corrected chi connectivity index (χ3v) is 5.24. The highest BCUT2D eigenvalue weighted by atomic mass is 32.2. The molecular weight excluding hydrogens is 388 g/mol. The molecule has 8 heteroatoms. The van der Waals surface area contributed by atoms with Gasteiger partial charge in [-0.1, -0.05) is 47.3 Å². The normalized spacial score (nSPS) is 10.9. The molecule has 0 N–H and O–H groups in total. The number of hydrogen-bond acceptors (Lipinski definition) is 7. The number of hydrogen-bond donors (Lipinski definition) is 0. The maximum Gasteiger partial charge on any atom is 0.262 e. The summed E-state index contributed by atoms with van der Waals surface area (Å²) < 4.78 is 12.3. The van der Waals surface area contributed by atoms with E-state index in [1.165, 1.54) is 11.8 Å². The van der Waals surface area contributed by atoms with Crippen molar-refractivity contribution in [3.8, 4) is 17.1 Å². The standard InChI is InChI=1S/C21H18N4O3S/c1-3-12-25-20(26)14-8-4-6-10-16(14)22-21(25)29-13-18-23-19(24-28-18)15-9-5-7-11-17(15)27-2/h3-11H,1,12-13H2,2H3. The lowest BCUT2D eigenvalue weighted by Crippen LogP contribution is -2.22. The van der Waals surface area contributed by atoms with Gasteiger partial charge in [0.2, 0.25) is 11.7 Å². The molecule has 0 aliphatic rings. The number of benzene rings is 2. The minimum absolute atomic E-state index is 0.0989. The fourth-order valence-electron chi connectivity index (χ4n) is 2.93. The Morgan fingerprint density at radius 3 is 2.79 bits per heavy atom. The van der Waals surface area contributed by atoms with Crippen molar-refractivity contribution >= 4 is 22.7 Å². The van der Waals surface area contributed by atoms with Crippen LogP contribution < -0.4 is 10.3 Å². The number of methoxy groups -OCH3 is 1. The average molecular weight is 406 g/mol. The second kappa shape index (κ2) is 8.32. The van der Waals surface area contributed by atoms with Gasteiger partial charge in [0.25, 0.3) is 5.56 Å². The second-order valence-electron chi connectivity index (χ2n) is 6.12. The van der Waals surface area contributed by atoms with Gasteiger partial charge in [-0.15, -0.1) is 6.58 Å². The Bertz CT molecular complexity index is 1230. The third-order valence-electron chi connectivity index (χ3n) is 4.28. The lowest BCUT2D eigenvalue weighted by atomic mass is 10.2. The molecule has 2 aromatic heterocycles. The summed E-state index contributed by atoms with van der Waals surface area (Å²) in [6.07, 6.45) is 1.67. The summed E-state index contributed by atoms with van der Waals surface area (Å²) in [6, 6.07) is 14.8. The van der Waals surface area contributed by atoms with Crippen LogP contribution in [0.3, 0.4) is 0 Å². The predicted octanol–water partition coefficient (Wildman–Crippen LogP) is 3.93. The molecule has 0 amide bonds. The van der Waals surface area contributed by atoms with E-state index in [9.17, 15) is 4.79 Å². The third kappa shape index (κ3) is 3.79. The molecule has 0 saturated carbocycles. The van der Waals surface area contributed by atoms with Crippen LogP contribution in [0.2, 0.25) is 0 Å². The number of thioether (sulfide) groups is 1. The van der Waals surface area contributed by atoms with Gasteiger partial charge in [0.05, 0.1) is 29.3 Å². The van der Waals surface area contributed by atoms with E-state index >= 15 is 0 Å². The van der Waals surface area contributed by atoms with Gasteiger partial charge in [0, 0.05) is 6.54 Å². The summed E-state index contributed by atoms with van der Waals surface area (Å²) in [4.78, 5) is 21.9. The van der Waals surface area contributed by atoms with Gasteiger partial charge in [0.1, 0.15) is 5.75 Å². The zero-order chi connectivity index (χ0) is 20.2. The van der Waals surface area contributed by atoms with E-state index < -0.39 is 0 Å². The molecule has 29 heavy (non-hydrogen) atoms. The van der Waals surface area contributed by atoms with Crippen molar-refractivity contribution in [1.82, 2.24) is 19.7 Å². The van der Waals surface area contributed by atoms with E-state index in [0.29, 0.717) is 45.8 Å². The van der Waals surface area contributed by atoms with Gasteiger partial charge in [-0.25, -0.2) is 4.98 Å². The average Bonchev–Trinajstić information content (AvgIpc) is 3.23. The summed E-state index contributed by atoms with van der Waals surface area (Å²) >= 11 is 1.36. The summed E-state index contributed by atoms with van der Waals surface area (Å²) in [6.45, 7) is 4.11. The first-order chi connectivity index (χ1) is 14.2. The molecule has 2 aromatic carbocycles. The quantitative estimate of drug-likeness (QED) is 0.261. The zero-order valence-corrected chi connectivity index (χ0v) is 16.6. The second-order valence-corrected chi connectivity index (χ2v) is 7.06. The minimum atomic E-state index is -0.0989. The highest BCUT2D eigenvalue weighted by Gasteiger charge is 2.15. The maximum atomic E-state index is 12.8. The van der Waals surface area contributed by atoms with Gasteiger partial charge in [-0.2, -0.15) is 4.98 Å². The fourth-order valence-corrected chi connectivity index (χ4v) is 3.77. The molecule has 4 aromatic rings. The van der Waals surface area contributed by atoms with E-state index in [2.05, 4.69) is 21.7 Å². The SMILES string of the molecule is C=CCn1c(SCc2nc(-c3ccccc3OC)no2)nc2ccccc2c1=O. The van der Waals surface area contributed by atoms with Gasteiger partial charge in [0.15, 0.2) is 5.16 Å². The van der Waals surface area contributed by atoms with E-state index in [1.807, 2.05) is 42.5 Å². The molecule has 0 radical (unpaired) electrons. The number of allylic oxidation sites excluding steroid dienone is 1. The van der Waals surface area contributed by atoms with Crippen molar-refractivity contribution in [2.45, 2.75) is 17.5 Å². The van der Waals surface area contributed by atoms with E-state index in [1.54, 1.807) is 23.8 Å². The summed E-state index contributed by atoms with van der Waals surface area (Å²) in [5, 5.41) is 5.20. The van der Waals surface area contributed by atoms with Gasteiger partial charge < -0.3 is 9.26 Å². The molecular formula is C21H18N4O3S. The first-order valence-corrected chi connectivity index (χ1v) is 9.89. The molecule has 0 fully saturated rings. The number of ether oxygens (including phenoxy) is 1. The summed E-state index contributed by atoms with van der Waals surface area (Å²) in [5.41, 5.74) is 1.31. The molecule has 4 rings (SSSR count). The van der Waals surface area contributed by atoms with Crippen molar-refractivity contribution in [3.63, 3.8) is 0 Å². The van der Waals surface area contributed by atoms with Crippen molar-refractivity contribution < 1.29 is 9.26 Å². The molecule has 0 unspecified atom stereocenters. The van der Waals surface area contributed by atoms with Gasteiger partial charge in [-0.3, -0.25) is 9.36 Å². The van der Waals surface area contributed by atoms with Crippen LogP contribution >= 0.6 is 11.8 Å². The molecule has 0 spiro atoms. The smallest absolute Gasteiger partial charge is 0.262 e. The van der Waals surface area contributed by atoms with Crippen LogP contribution in [0.15, 0.2) is 75.7 Å². The van der Waals surface area contributed by atoms with Gasteiger partial charge in [-0.05, 0) is 24.3 Å². The number of rotatable bonds is 7. The molecule has 7 nitrogen and oxygen atoms in total. The molecule has 0 atom stereocenters. The fraction of sp³-hybridized carbons (Fsp3) is 0.143. The number of para-hydroxylation sites is 2. The number of aromatic nitrogens is 4. The number of fused-ring (bicyclic) bond motifs is 1. The van der Waals surface area contributed by atoms with E-state index in [4.69, 9.17) is 9.26 Å². The lowest BCUT2D eigenvalue weighted by molar-refractivity contribution is 0.390. The van der Waals surface area contributed by atoms with Crippen LogP contribution in [-0.4, -0.2) is 26.8 Å². The summed E-state index contributed by atoms with van der Waals surface area (Å²) in [7, 11) is 1.60. The topological polar surface area (TPSA) is 83.0 Å². The first-order valence-electron chi connectivity index (χ1n) is 8.90. The Hall–Kier alpha value is -3.39. The van der Waals surface area contributed by atoms with Crippen LogP contribution in [0, 0.1) is 0 Å². The molecule has 0 aliphatic carbocycles. The number of nitrogens with zero attached hydrogens (tertiary/aromatic N) is 4. The molecule has 0 aliphatic heterocycles. The predicted molar refractivity (Wildman–Crippen MR) is 112 cm³/mol. The van der Waals surface area contributed by atoms with Crippen LogP contribution in [0.5, 0.6) is 5.75 Å². The van der Waals surface area contributed by atoms with Crippen molar-refractivity contribution in [1.29, 1.82) is 0 Å². The Morgan fingerprint density at radius 2 is 1.97 bits per heavy atom. The zero-order valence-electron chi connectivity index (χ0n) is 15.7. The molecule has 0 bridgehead atoms. The van der Waals surface area contributed by atoms with E-state index in [-0.39, 0.29) is 5.56 Å². The Balaban J connectivity index is 1.62. The summed E-state index contributed by atoms with van der Waals surface area (Å²) in [5.74, 6) is 1.93. The highest BCUT2D eigenvalue weighted by Crippen LogP contribution is 2.28. The van der Waals surface area contributed by atoms with Crippen LogP contribution in [0.4, 0.5) is 0 Å². The molecule has 2 heterocycles. The van der Waals surface area contributed by atoms with Crippen molar-refractivity contribution in [2.24, 2.45) is 0 Å². The monoisotopic (exact) mass is 406 g/mol. The Morgan fingerprint density at radius 1 is 1.17 bits per heavy atom.